The summed E-state index contributed by atoms with van der Waals surface area (Å²) in [6.45, 7) is 2.16. The number of hydrogen-bond donors (Lipinski definition) is 3. The van der Waals surface area contributed by atoms with E-state index >= 15 is 0 Å². The summed E-state index contributed by atoms with van der Waals surface area (Å²) in [6.07, 6.45) is 2.14. The van der Waals surface area contributed by atoms with E-state index in [0.29, 0.717) is 0 Å². The topological polar surface area (TPSA) is 88.8 Å². The first-order valence-corrected chi connectivity index (χ1v) is 10.6. The van der Waals surface area contributed by atoms with Crippen LogP contribution in [0.2, 0.25) is 0 Å². The van der Waals surface area contributed by atoms with Crippen LogP contribution in [-0.4, -0.2) is 11.9 Å². The van der Waals surface area contributed by atoms with Gasteiger partial charge in [-0.3, -0.25) is 10.1 Å². The highest BCUT2D eigenvalue weighted by Gasteiger charge is 2.31. The third-order valence-corrected chi connectivity index (χ3v) is 5.76. The first kappa shape index (κ1) is 20.8. The van der Waals surface area contributed by atoms with Gasteiger partial charge in [0, 0.05) is 11.1 Å². The van der Waals surface area contributed by atoms with Gasteiger partial charge in [0.25, 0.3) is 5.91 Å². The lowest BCUT2D eigenvalue weighted by molar-refractivity contribution is -0.713. The largest absolute Gasteiger partial charge is 0.351 e. The highest BCUT2D eigenvalue weighted by atomic mass is 32.1. The van der Waals surface area contributed by atoms with E-state index in [1.165, 1.54) is 5.56 Å². The number of hydrogen-bond acceptors (Lipinski definition) is 3. The van der Waals surface area contributed by atoms with E-state index in [2.05, 4.69) is 42.6 Å². The third-order valence-electron chi connectivity index (χ3n) is 4.80. The molecule has 3 aromatic rings. The monoisotopic (exact) mass is 408 g/mol. The van der Waals surface area contributed by atoms with Crippen LogP contribution < -0.4 is 16.4 Å². The van der Waals surface area contributed by atoms with Gasteiger partial charge >= 0.3 is 6.03 Å². The number of aryl methyl sites for hydroxylation is 1. The van der Waals surface area contributed by atoms with Gasteiger partial charge in [-0.2, -0.15) is 0 Å². The number of thiophene rings is 1. The predicted molar refractivity (Wildman–Crippen MR) is 115 cm³/mol. The van der Waals surface area contributed by atoms with Crippen molar-refractivity contribution < 1.29 is 14.9 Å². The third kappa shape index (κ3) is 5.53. The normalized spacial score (nSPS) is 12.9. The van der Waals surface area contributed by atoms with E-state index in [4.69, 9.17) is 5.73 Å². The first-order valence-electron chi connectivity index (χ1n) is 9.71. The molecule has 3 rings (SSSR count). The van der Waals surface area contributed by atoms with Crippen LogP contribution in [0, 0.1) is 0 Å². The Kier molecular flexibility index (Phi) is 7.16. The molecule has 1 aromatic heterocycles. The number of benzene rings is 2. The van der Waals surface area contributed by atoms with Gasteiger partial charge in [0.1, 0.15) is 6.04 Å². The maximum absolute atomic E-state index is 12.8. The van der Waals surface area contributed by atoms with Crippen molar-refractivity contribution in [2.75, 3.05) is 0 Å². The molecule has 1 heterocycles. The van der Waals surface area contributed by atoms with Gasteiger partial charge in [0.15, 0.2) is 6.04 Å². The number of quaternary nitrogens is 1. The number of amides is 3. The van der Waals surface area contributed by atoms with E-state index in [1.807, 2.05) is 47.1 Å². The highest BCUT2D eigenvalue weighted by Crippen LogP contribution is 2.25. The van der Waals surface area contributed by atoms with Gasteiger partial charge in [-0.25, -0.2) is 4.79 Å². The summed E-state index contributed by atoms with van der Waals surface area (Å²) in [7, 11) is 0. The average molecular weight is 409 g/mol. The van der Waals surface area contributed by atoms with Crippen LogP contribution >= 0.6 is 11.3 Å². The zero-order valence-electron chi connectivity index (χ0n) is 16.4. The molecule has 29 heavy (non-hydrogen) atoms. The Morgan fingerprint density at radius 1 is 1.00 bits per heavy atom. The number of nitrogens with two attached hydrogens (primary N) is 2. The maximum Gasteiger partial charge on any atom is 0.319 e. The van der Waals surface area contributed by atoms with Crippen molar-refractivity contribution in [3.8, 4) is 0 Å². The molecular weight excluding hydrogens is 382 g/mol. The number of rotatable bonds is 8. The predicted octanol–water partition coefficient (Wildman–Crippen LogP) is 3.29. The Labute approximate surface area is 175 Å². The number of carbonyl (C=O) groups excluding carboxylic acids is 2. The van der Waals surface area contributed by atoms with E-state index in [1.54, 1.807) is 11.3 Å². The lowest BCUT2D eigenvalue weighted by atomic mass is 9.99. The Morgan fingerprint density at radius 3 is 2.31 bits per heavy atom. The number of nitrogens with one attached hydrogen (secondary N) is 1. The summed E-state index contributed by atoms with van der Waals surface area (Å²) in [5, 5.41) is 6.27. The summed E-state index contributed by atoms with van der Waals surface area (Å²) in [4.78, 5) is 25.2. The number of carbonyl (C=O) groups is 2. The van der Waals surface area contributed by atoms with Crippen molar-refractivity contribution in [2.24, 2.45) is 5.73 Å². The second-order valence-corrected chi connectivity index (χ2v) is 7.90. The molecule has 0 radical (unpaired) electrons. The van der Waals surface area contributed by atoms with Gasteiger partial charge in [-0.05, 0) is 23.4 Å². The Bertz CT molecular complexity index is 925. The summed E-state index contributed by atoms with van der Waals surface area (Å²) in [5.41, 5.74) is 8.43. The van der Waals surface area contributed by atoms with Crippen LogP contribution in [0.5, 0.6) is 0 Å². The molecule has 5 nitrogen and oxygen atoms in total. The van der Waals surface area contributed by atoms with E-state index < -0.39 is 18.0 Å². The molecule has 5 N–H and O–H groups in total. The quantitative estimate of drug-likeness (QED) is 0.534. The first-order chi connectivity index (χ1) is 14.1. The summed E-state index contributed by atoms with van der Waals surface area (Å²) < 4.78 is 0. The molecule has 3 amide bonds. The molecule has 150 valence electrons. The molecule has 0 fully saturated rings. The Morgan fingerprint density at radius 2 is 1.72 bits per heavy atom. The molecule has 6 heteroatoms. The Balaban J connectivity index is 1.95. The molecule has 0 saturated heterocycles. The maximum atomic E-state index is 12.8. The second kappa shape index (κ2) is 10.0. The minimum Gasteiger partial charge on any atom is -0.351 e. The summed E-state index contributed by atoms with van der Waals surface area (Å²) in [5.74, 6) is -0.423. The lowest BCUT2D eigenvalue weighted by Crippen LogP contribution is -2.88. The summed E-state index contributed by atoms with van der Waals surface area (Å²) >= 11 is 1.65. The highest BCUT2D eigenvalue weighted by molar-refractivity contribution is 7.10. The van der Waals surface area contributed by atoms with Crippen molar-refractivity contribution in [2.45, 2.75) is 31.8 Å². The zero-order valence-corrected chi connectivity index (χ0v) is 17.2. The molecule has 0 aliphatic heterocycles. The van der Waals surface area contributed by atoms with Crippen LogP contribution in [0.3, 0.4) is 0 Å². The van der Waals surface area contributed by atoms with Gasteiger partial charge < -0.3 is 11.1 Å². The number of primary amides is 1. The fourth-order valence-corrected chi connectivity index (χ4v) is 4.25. The van der Waals surface area contributed by atoms with E-state index in [0.717, 1.165) is 28.8 Å². The van der Waals surface area contributed by atoms with Crippen LogP contribution in [-0.2, 0) is 11.2 Å². The summed E-state index contributed by atoms with van der Waals surface area (Å²) in [6, 6.07) is 20.5. The van der Waals surface area contributed by atoms with Gasteiger partial charge in [0.05, 0.1) is 4.88 Å². The number of urea groups is 1. The smallest absolute Gasteiger partial charge is 0.319 e. The molecule has 0 spiro atoms. The van der Waals surface area contributed by atoms with Crippen LogP contribution in [0.4, 0.5) is 4.79 Å². The number of imide groups is 1. The SMILES string of the molecule is CCCc1ccc([C@H]([NH2+][C@H](C(=O)NC(N)=O)c2ccccc2)c2cccs2)cc1. The fourth-order valence-electron chi connectivity index (χ4n) is 3.42. The van der Waals surface area contributed by atoms with Crippen molar-refractivity contribution >= 4 is 23.3 Å². The lowest BCUT2D eigenvalue weighted by Gasteiger charge is -2.22. The van der Waals surface area contributed by atoms with Crippen molar-refractivity contribution in [3.05, 3.63) is 93.7 Å². The fraction of sp³-hybridized carbons (Fsp3) is 0.217. The molecule has 0 bridgehead atoms. The van der Waals surface area contributed by atoms with Crippen LogP contribution in [0.1, 0.15) is 47.0 Å². The van der Waals surface area contributed by atoms with Crippen LogP contribution in [0.25, 0.3) is 0 Å². The molecule has 2 atom stereocenters. The molecule has 2 aromatic carbocycles. The van der Waals surface area contributed by atoms with Gasteiger partial charge in [-0.15, -0.1) is 11.3 Å². The van der Waals surface area contributed by atoms with Gasteiger partial charge in [-0.1, -0.05) is 74.0 Å². The minimum atomic E-state index is -0.846. The molecule has 0 aliphatic carbocycles. The average Bonchev–Trinajstić information content (AvgIpc) is 3.24. The second-order valence-electron chi connectivity index (χ2n) is 6.92. The minimum absolute atomic E-state index is 0.0745. The molecule has 0 saturated carbocycles. The van der Waals surface area contributed by atoms with E-state index in [-0.39, 0.29) is 6.04 Å². The molecule has 0 unspecified atom stereocenters. The molecular formula is C23H26N3O2S+. The molecule has 0 aliphatic rings. The van der Waals surface area contributed by atoms with E-state index in [9.17, 15) is 9.59 Å². The van der Waals surface area contributed by atoms with Crippen molar-refractivity contribution in [1.82, 2.24) is 5.32 Å². The Hall–Kier alpha value is -2.96. The van der Waals surface area contributed by atoms with Crippen molar-refractivity contribution in [3.63, 3.8) is 0 Å². The van der Waals surface area contributed by atoms with Crippen molar-refractivity contribution in [1.29, 1.82) is 0 Å². The van der Waals surface area contributed by atoms with Gasteiger partial charge in [0.2, 0.25) is 0 Å². The standard InChI is InChI=1S/C23H25N3O2S/c1-2-7-16-11-13-18(14-12-16)20(19-10-6-15-29-19)25-21(22(27)26-23(24)28)17-8-4-3-5-9-17/h3-6,8-15,20-21,25H,2,7H2,1H3,(H3,24,26,27,28)/p+1/t20-,21-/m0/s1. The van der Waals surface area contributed by atoms with Crippen LogP contribution in [0.15, 0.2) is 72.1 Å². The zero-order chi connectivity index (χ0) is 20.6.